The molecule has 0 fully saturated rings. The van der Waals surface area contributed by atoms with Gasteiger partial charge in [0.15, 0.2) is 6.04 Å². The molecule has 3 N–H and O–H groups in total. The monoisotopic (exact) mass is 331 g/mol. The summed E-state index contributed by atoms with van der Waals surface area (Å²) in [5, 5.41) is 5.75. The number of hydrogen-bond acceptors (Lipinski definition) is 1. The van der Waals surface area contributed by atoms with Crippen molar-refractivity contribution in [2.24, 2.45) is 0 Å². The SMILES string of the molecule is CCc1ccc(NC(=O)[C@H](C)[NH2+][C@H](C)c2ccc(Cl)cc2)cc1. The molecular formula is C19H24ClN2O+. The molecule has 23 heavy (non-hydrogen) atoms. The van der Waals surface area contributed by atoms with Gasteiger partial charge >= 0.3 is 0 Å². The van der Waals surface area contributed by atoms with Gasteiger partial charge in [0, 0.05) is 16.3 Å². The van der Waals surface area contributed by atoms with Gasteiger partial charge in [0.2, 0.25) is 0 Å². The quantitative estimate of drug-likeness (QED) is 0.835. The molecule has 1 amide bonds. The predicted octanol–water partition coefficient (Wildman–Crippen LogP) is 3.55. The predicted molar refractivity (Wildman–Crippen MR) is 95.7 cm³/mol. The third kappa shape index (κ3) is 5.08. The van der Waals surface area contributed by atoms with Crippen molar-refractivity contribution in [3.8, 4) is 0 Å². The lowest BCUT2D eigenvalue weighted by Gasteiger charge is -2.17. The van der Waals surface area contributed by atoms with E-state index in [9.17, 15) is 4.79 Å². The normalized spacial score (nSPS) is 13.4. The lowest BCUT2D eigenvalue weighted by Crippen LogP contribution is -2.91. The van der Waals surface area contributed by atoms with Gasteiger partial charge in [0.25, 0.3) is 5.91 Å². The van der Waals surface area contributed by atoms with Crippen molar-refractivity contribution in [2.75, 3.05) is 5.32 Å². The van der Waals surface area contributed by atoms with Crippen LogP contribution in [0, 0.1) is 0 Å². The van der Waals surface area contributed by atoms with Crippen LogP contribution < -0.4 is 10.6 Å². The number of amides is 1. The van der Waals surface area contributed by atoms with E-state index in [1.807, 2.05) is 55.5 Å². The van der Waals surface area contributed by atoms with Crippen LogP contribution in [0.5, 0.6) is 0 Å². The number of anilines is 1. The zero-order valence-corrected chi connectivity index (χ0v) is 14.6. The molecule has 2 aromatic rings. The summed E-state index contributed by atoms with van der Waals surface area (Å²) in [6.07, 6.45) is 0.997. The number of nitrogens with one attached hydrogen (secondary N) is 1. The highest BCUT2D eigenvalue weighted by molar-refractivity contribution is 6.30. The molecular weight excluding hydrogens is 308 g/mol. The minimum Gasteiger partial charge on any atom is -0.330 e. The molecule has 122 valence electrons. The molecule has 2 aromatic carbocycles. The first-order chi connectivity index (χ1) is 11.0. The molecule has 3 nitrogen and oxygen atoms in total. The van der Waals surface area contributed by atoms with E-state index in [0.717, 1.165) is 22.7 Å². The Kier molecular flexibility index (Phi) is 6.20. The maximum Gasteiger partial charge on any atom is 0.282 e. The Bertz CT molecular complexity index is 637. The Hall–Kier alpha value is -1.84. The van der Waals surface area contributed by atoms with Crippen LogP contribution in [-0.4, -0.2) is 11.9 Å². The summed E-state index contributed by atoms with van der Waals surface area (Å²) in [4.78, 5) is 12.3. The van der Waals surface area contributed by atoms with Crippen LogP contribution in [0.25, 0.3) is 0 Å². The van der Waals surface area contributed by atoms with Gasteiger partial charge in [-0.15, -0.1) is 0 Å². The Labute approximate surface area is 143 Å². The Balaban J connectivity index is 1.92. The minimum atomic E-state index is -0.175. The fraction of sp³-hybridized carbons (Fsp3) is 0.316. The molecule has 0 aliphatic heterocycles. The van der Waals surface area contributed by atoms with Crippen molar-refractivity contribution in [3.63, 3.8) is 0 Å². The molecule has 4 heteroatoms. The standard InChI is InChI=1S/C19H23ClN2O/c1-4-15-5-11-18(12-6-15)22-19(23)14(3)21-13(2)16-7-9-17(20)10-8-16/h5-14,21H,4H2,1-3H3,(H,22,23)/p+1/t13-,14+/m1/s1. The van der Waals surface area contributed by atoms with Crippen LogP contribution in [-0.2, 0) is 11.2 Å². The summed E-state index contributed by atoms with van der Waals surface area (Å²) in [5.74, 6) is 0.00932. The van der Waals surface area contributed by atoms with Crippen LogP contribution >= 0.6 is 11.6 Å². The summed E-state index contributed by atoms with van der Waals surface area (Å²) in [6, 6.07) is 15.7. The van der Waals surface area contributed by atoms with E-state index in [1.165, 1.54) is 5.56 Å². The van der Waals surface area contributed by atoms with E-state index >= 15 is 0 Å². The summed E-state index contributed by atoms with van der Waals surface area (Å²) >= 11 is 5.91. The molecule has 2 atom stereocenters. The largest absolute Gasteiger partial charge is 0.330 e. The first-order valence-electron chi connectivity index (χ1n) is 8.00. The lowest BCUT2D eigenvalue weighted by molar-refractivity contribution is -0.709. The van der Waals surface area contributed by atoms with Gasteiger partial charge in [0.05, 0.1) is 0 Å². The van der Waals surface area contributed by atoms with Gasteiger partial charge in [0.1, 0.15) is 6.04 Å². The Morgan fingerprint density at radius 3 is 2.26 bits per heavy atom. The molecule has 0 aliphatic carbocycles. The second kappa shape index (κ2) is 8.14. The van der Waals surface area contributed by atoms with Crippen LogP contribution in [0.1, 0.15) is 37.9 Å². The van der Waals surface area contributed by atoms with Gasteiger partial charge in [-0.3, -0.25) is 4.79 Å². The summed E-state index contributed by atoms with van der Waals surface area (Å²) < 4.78 is 0. The molecule has 0 saturated heterocycles. The second-order valence-corrected chi connectivity index (χ2v) is 6.30. The van der Waals surface area contributed by atoms with Crippen LogP contribution in [0.4, 0.5) is 5.69 Å². The number of rotatable bonds is 6. The summed E-state index contributed by atoms with van der Waals surface area (Å²) in [6.45, 7) is 6.12. The highest BCUT2D eigenvalue weighted by Crippen LogP contribution is 2.14. The molecule has 2 rings (SSSR count). The van der Waals surface area contributed by atoms with Gasteiger partial charge < -0.3 is 10.6 Å². The first-order valence-corrected chi connectivity index (χ1v) is 8.37. The molecule has 0 radical (unpaired) electrons. The van der Waals surface area contributed by atoms with E-state index in [0.29, 0.717) is 0 Å². The van der Waals surface area contributed by atoms with Crippen molar-refractivity contribution in [1.29, 1.82) is 0 Å². The van der Waals surface area contributed by atoms with Crippen molar-refractivity contribution >= 4 is 23.2 Å². The molecule has 0 saturated carbocycles. The summed E-state index contributed by atoms with van der Waals surface area (Å²) in [7, 11) is 0. The molecule has 0 unspecified atom stereocenters. The Morgan fingerprint density at radius 2 is 1.70 bits per heavy atom. The number of carbonyl (C=O) groups is 1. The van der Waals surface area contributed by atoms with Gasteiger partial charge in [-0.2, -0.15) is 0 Å². The van der Waals surface area contributed by atoms with Gasteiger partial charge in [-0.05, 0) is 50.1 Å². The highest BCUT2D eigenvalue weighted by Gasteiger charge is 2.20. The average Bonchev–Trinajstić information content (AvgIpc) is 2.56. The highest BCUT2D eigenvalue weighted by atomic mass is 35.5. The lowest BCUT2D eigenvalue weighted by atomic mass is 10.1. The molecule has 0 spiro atoms. The number of carbonyl (C=O) groups excluding carboxylic acids is 1. The van der Waals surface area contributed by atoms with E-state index in [1.54, 1.807) is 0 Å². The van der Waals surface area contributed by atoms with Crippen molar-refractivity contribution in [1.82, 2.24) is 0 Å². The third-order valence-electron chi connectivity index (χ3n) is 4.02. The van der Waals surface area contributed by atoms with Crippen LogP contribution in [0.2, 0.25) is 5.02 Å². The fourth-order valence-corrected chi connectivity index (χ4v) is 2.60. The minimum absolute atomic E-state index is 0.00932. The van der Waals surface area contributed by atoms with E-state index in [-0.39, 0.29) is 18.0 Å². The fourth-order valence-electron chi connectivity index (χ4n) is 2.48. The van der Waals surface area contributed by atoms with E-state index in [2.05, 4.69) is 24.5 Å². The van der Waals surface area contributed by atoms with Crippen molar-refractivity contribution < 1.29 is 10.1 Å². The number of nitrogens with two attached hydrogens (primary N) is 1. The number of benzene rings is 2. The number of aryl methyl sites for hydroxylation is 1. The zero-order chi connectivity index (χ0) is 16.8. The van der Waals surface area contributed by atoms with Gasteiger partial charge in [-0.1, -0.05) is 42.8 Å². The average molecular weight is 332 g/mol. The number of hydrogen-bond donors (Lipinski definition) is 2. The molecule has 0 aromatic heterocycles. The van der Waals surface area contributed by atoms with Crippen LogP contribution in [0.3, 0.4) is 0 Å². The first kappa shape index (κ1) is 17.5. The molecule has 0 bridgehead atoms. The molecule has 0 heterocycles. The molecule has 0 aliphatic rings. The number of halogens is 1. The zero-order valence-electron chi connectivity index (χ0n) is 13.8. The Morgan fingerprint density at radius 1 is 1.09 bits per heavy atom. The topological polar surface area (TPSA) is 45.7 Å². The van der Waals surface area contributed by atoms with Gasteiger partial charge in [-0.25, -0.2) is 0 Å². The number of quaternary nitrogens is 1. The third-order valence-corrected chi connectivity index (χ3v) is 4.27. The summed E-state index contributed by atoms with van der Waals surface area (Å²) in [5.41, 5.74) is 3.26. The van der Waals surface area contributed by atoms with Crippen molar-refractivity contribution in [3.05, 3.63) is 64.7 Å². The van der Waals surface area contributed by atoms with Crippen molar-refractivity contribution in [2.45, 2.75) is 39.3 Å². The maximum atomic E-state index is 12.3. The maximum absolute atomic E-state index is 12.3. The van der Waals surface area contributed by atoms with E-state index in [4.69, 9.17) is 11.6 Å². The van der Waals surface area contributed by atoms with Crippen LogP contribution in [0.15, 0.2) is 48.5 Å². The second-order valence-electron chi connectivity index (χ2n) is 5.86. The van der Waals surface area contributed by atoms with E-state index < -0.39 is 0 Å². The smallest absolute Gasteiger partial charge is 0.282 e.